The summed E-state index contributed by atoms with van der Waals surface area (Å²) in [6.07, 6.45) is 15.1. The lowest BCUT2D eigenvalue weighted by Crippen LogP contribution is -2.67. The molecule has 6 rings (SSSR count). The van der Waals surface area contributed by atoms with Crippen LogP contribution in [0.4, 0.5) is 0 Å². The maximum absolute atomic E-state index is 14.0. The number of likely N-dealkylation sites (tertiary alicyclic amines) is 1. The molecule has 2 N–H and O–H groups in total. The molecule has 1 saturated heterocycles. The Morgan fingerprint density at radius 3 is 2.19 bits per heavy atom. The number of ether oxygens (including phenoxy) is 1. The molecule has 5 saturated carbocycles. The van der Waals surface area contributed by atoms with E-state index in [0.29, 0.717) is 48.0 Å². The molecule has 294 valence electrons. The van der Waals surface area contributed by atoms with Crippen molar-refractivity contribution in [2.24, 2.45) is 62.1 Å². The predicted octanol–water partition coefficient (Wildman–Crippen LogP) is 9.44. The van der Waals surface area contributed by atoms with Gasteiger partial charge < -0.3 is 20.1 Å². The average molecular weight is 723 g/mol. The second-order valence-corrected chi connectivity index (χ2v) is 21.1. The van der Waals surface area contributed by atoms with Crippen molar-refractivity contribution in [3.05, 3.63) is 12.2 Å². The van der Waals surface area contributed by atoms with Crippen LogP contribution in [-0.2, 0) is 19.1 Å². The van der Waals surface area contributed by atoms with Gasteiger partial charge in [-0.1, -0.05) is 53.7 Å². The van der Waals surface area contributed by atoms with Gasteiger partial charge in [0, 0.05) is 31.0 Å². The van der Waals surface area contributed by atoms with Crippen molar-refractivity contribution in [1.29, 1.82) is 0 Å². The first-order valence-electron chi connectivity index (χ1n) is 21.3. The zero-order valence-corrected chi connectivity index (χ0v) is 34.5. The highest BCUT2D eigenvalue weighted by molar-refractivity contribution is 5.81. The Kier molecular flexibility index (Phi) is 10.7. The molecule has 1 amide bonds. The summed E-state index contributed by atoms with van der Waals surface area (Å²) in [6.45, 7) is 28.2. The van der Waals surface area contributed by atoms with E-state index in [4.69, 9.17) is 4.74 Å². The van der Waals surface area contributed by atoms with Gasteiger partial charge in [0.05, 0.1) is 11.8 Å². The smallest absolute Gasteiger partial charge is 0.309 e. The number of hydrogen-bond acceptors (Lipinski definition) is 5. The Morgan fingerprint density at radius 2 is 1.56 bits per heavy atom. The van der Waals surface area contributed by atoms with Crippen LogP contribution in [0.3, 0.4) is 0 Å². The van der Waals surface area contributed by atoms with Gasteiger partial charge >= 0.3 is 11.9 Å². The standard InChI is InChI=1S/C45H74N2O5/c1-11-24-47-25-17-30(18-26-47)46-36(48)27-45-21-14-31(29(2)3)38(45)32-12-13-34-42(8)19-16-35(52-37(49)28-40(4,5)39(50)51)41(6,7)33(42)15-20-44(34,10)43(32,9)22-23-45/h30-35,38H,2,11-28H2,1,3-10H3,(H,46,48)(H,50,51)/t31-,32+,33-,34+,35-,38+,42-,43+,44+,45+/m0/s1. The number of esters is 1. The molecule has 7 heteroatoms. The molecule has 1 aliphatic heterocycles. The lowest BCUT2D eigenvalue weighted by Gasteiger charge is -2.73. The first-order chi connectivity index (χ1) is 24.2. The van der Waals surface area contributed by atoms with Crippen molar-refractivity contribution in [1.82, 2.24) is 10.2 Å². The molecular formula is C45H74N2O5. The molecule has 0 aromatic heterocycles. The van der Waals surface area contributed by atoms with Crippen LogP contribution in [0.25, 0.3) is 0 Å². The topological polar surface area (TPSA) is 95.9 Å². The number of nitrogens with zero attached hydrogens (tertiary/aromatic N) is 1. The summed E-state index contributed by atoms with van der Waals surface area (Å²) in [6, 6.07) is 0.312. The molecule has 10 atom stereocenters. The van der Waals surface area contributed by atoms with Crippen LogP contribution < -0.4 is 5.32 Å². The number of rotatable bonds is 10. The van der Waals surface area contributed by atoms with Crippen LogP contribution in [-0.4, -0.2) is 59.6 Å². The SMILES string of the molecule is C=C(C)[C@@H]1CC[C@]2(CC(=O)NC3CCN(CCC)CC3)CC[C@]3(C)[C@H](CC[C@@H]4[C@@]5(C)CC[C@H](OC(=O)CC(C)(C)C(=O)O)C(C)(C)[C@@H]5CC[C@]43C)[C@@H]12. The third kappa shape index (κ3) is 6.51. The quantitative estimate of drug-likeness (QED) is 0.172. The zero-order valence-electron chi connectivity index (χ0n) is 34.5. The molecule has 0 spiro atoms. The fraction of sp³-hybridized carbons (Fsp3) is 0.889. The molecule has 6 aliphatic rings. The second kappa shape index (κ2) is 14.0. The number of fused-ring (bicyclic) bond motifs is 7. The van der Waals surface area contributed by atoms with E-state index in [1.165, 1.54) is 44.1 Å². The van der Waals surface area contributed by atoms with E-state index in [9.17, 15) is 19.5 Å². The number of piperidine rings is 1. The van der Waals surface area contributed by atoms with Crippen LogP contribution in [0.2, 0.25) is 0 Å². The van der Waals surface area contributed by atoms with Gasteiger partial charge in [-0.2, -0.15) is 0 Å². The van der Waals surface area contributed by atoms with Crippen molar-refractivity contribution in [3.63, 3.8) is 0 Å². The van der Waals surface area contributed by atoms with E-state index in [0.717, 1.165) is 64.6 Å². The van der Waals surface area contributed by atoms with E-state index in [1.807, 2.05) is 0 Å². The van der Waals surface area contributed by atoms with Crippen molar-refractivity contribution in [2.45, 2.75) is 171 Å². The van der Waals surface area contributed by atoms with E-state index < -0.39 is 11.4 Å². The first-order valence-corrected chi connectivity index (χ1v) is 21.3. The van der Waals surface area contributed by atoms with Crippen LogP contribution >= 0.6 is 0 Å². The Bertz CT molecular complexity index is 1400. The van der Waals surface area contributed by atoms with Gasteiger partial charge in [0.2, 0.25) is 5.91 Å². The Morgan fingerprint density at radius 1 is 0.865 bits per heavy atom. The normalized spacial score (nSPS) is 41.9. The maximum Gasteiger partial charge on any atom is 0.309 e. The minimum Gasteiger partial charge on any atom is -0.481 e. The van der Waals surface area contributed by atoms with E-state index >= 15 is 0 Å². The molecule has 52 heavy (non-hydrogen) atoms. The number of nitrogens with one attached hydrogen (secondary N) is 1. The molecule has 0 aromatic rings. The lowest BCUT2D eigenvalue weighted by molar-refractivity contribution is -0.250. The number of amides is 1. The zero-order chi connectivity index (χ0) is 38.1. The van der Waals surface area contributed by atoms with Crippen LogP contribution in [0.5, 0.6) is 0 Å². The summed E-state index contributed by atoms with van der Waals surface area (Å²) in [5.74, 6) is 1.59. The molecule has 0 aromatic carbocycles. The van der Waals surface area contributed by atoms with Gasteiger partial charge in [-0.25, -0.2) is 0 Å². The van der Waals surface area contributed by atoms with Gasteiger partial charge in [-0.15, -0.1) is 0 Å². The average Bonchev–Trinajstić information content (AvgIpc) is 3.43. The van der Waals surface area contributed by atoms with Gasteiger partial charge in [0.1, 0.15) is 6.10 Å². The fourth-order valence-electron chi connectivity index (χ4n) is 14.6. The Balaban J connectivity index is 1.20. The fourth-order valence-corrected chi connectivity index (χ4v) is 14.6. The highest BCUT2D eigenvalue weighted by Crippen LogP contribution is 2.78. The van der Waals surface area contributed by atoms with Crippen LogP contribution in [0.1, 0.15) is 159 Å². The molecule has 6 fully saturated rings. The first kappa shape index (κ1) is 39.8. The molecular weight excluding hydrogens is 649 g/mol. The van der Waals surface area contributed by atoms with Gasteiger partial charge in [-0.05, 0) is 162 Å². The summed E-state index contributed by atoms with van der Waals surface area (Å²) < 4.78 is 6.19. The second-order valence-electron chi connectivity index (χ2n) is 21.1. The van der Waals surface area contributed by atoms with E-state index in [1.54, 1.807) is 13.8 Å². The summed E-state index contributed by atoms with van der Waals surface area (Å²) in [5, 5.41) is 13.2. The van der Waals surface area contributed by atoms with Crippen LogP contribution in [0.15, 0.2) is 12.2 Å². The predicted molar refractivity (Wildman–Crippen MR) is 207 cm³/mol. The monoisotopic (exact) mass is 723 g/mol. The number of allylic oxidation sites excluding steroid dienone is 1. The van der Waals surface area contributed by atoms with Crippen molar-refractivity contribution >= 4 is 17.8 Å². The number of carbonyl (C=O) groups excluding carboxylic acids is 2. The summed E-state index contributed by atoms with van der Waals surface area (Å²) in [4.78, 5) is 41.4. The number of carbonyl (C=O) groups is 3. The molecule has 0 bridgehead atoms. The molecule has 5 aliphatic carbocycles. The van der Waals surface area contributed by atoms with E-state index in [2.05, 4.69) is 65.3 Å². The highest BCUT2D eigenvalue weighted by atomic mass is 16.5. The largest absolute Gasteiger partial charge is 0.481 e. The molecule has 0 radical (unpaired) electrons. The summed E-state index contributed by atoms with van der Waals surface area (Å²) >= 11 is 0. The summed E-state index contributed by atoms with van der Waals surface area (Å²) in [7, 11) is 0. The van der Waals surface area contributed by atoms with Crippen LogP contribution in [0, 0.1) is 62.1 Å². The number of carboxylic acid groups (broad SMARTS) is 1. The van der Waals surface area contributed by atoms with Crippen molar-refractivity contribution < 1.29 is 24.2 Å². The minimum absolute atomic E-state index is 0.0736. The van der Waals surface area contributed by atoms with Gasteiger partial charge in [-0.3, -0.25) is 14.4 Å². The number of aliphatic carboxylic acids is 1. The third-order valence-corrected chi connectivity index (χ3v) is 17.6. The Labute approximate surface area is 316 Å². The maximum atomic E-state index is 14.0. The molecule has 1 heterocycles. The Hall–Kier alpha value is -1.89. The third-order valence-electron chi connectivity index (χ3n) is 17.6. The highest BCUT2D eigenvalue weighted by Gasteiger charge is 2.71. The summed E-state index contributed by atoms with van der Waals surface area (Å²) in [5.41, 5.74) is 0.629. The van der Waals surface area contributed by atoms with Gasteiger partial charge in [0.15, 0.2) is 0 Å². The van der Waals surface area contributed by atoms with Crippen molar-refractivity contribution in [2.75, 3.05) is 19.6 Å². The number of hydrogen-bond donors (Lipinski definition) is 2. The minimum atomic E-state index is -1.14. The molecule has 7 nitrogen and oxygen atoms in total. The van der Waals surface area contributed by atoms with Gasteiger partial charge in [0.25, 0.3) is 0 Å². The lowest BCUT2D eigenvalue weighted by atomic mass is 9.32. The van der Waals surface area contributed by atoms with E-state index in [-0.39, 0.29) is 45.6 Å². The molecule has 0 unspecified atom stereocenters. The number of carboxylic acids is 1. The van der Waals surface area contributed by atoms with Crippen molar-refractivity contribution in [3.8, 4) is 0 Å².